The van der Waals surface area contributed by atoms with E-state index < -0.39 is 0 Å². The Bertz CT molecular complexity index is 581. The van der Waals surface area contributed by atoms with Gasteiger partial charge in [-0.1, -0.05) is 25.1 Å². The zero-order valence-corrected chi connectivity index (χ0v) is 10.7. The Morgan fingerprint density at radius 2 is 2.06 bits per heavy atom. The zero-order valence-electron chi connectivity index (χ0n) is 9.88. The molecule has 0 radical (unpaired) electrons. The molecule has 3 nitrogen and oxygen atoms in total. The highest BCUT2D eigenvalue weighted by atomic mass is 32.1. The number of aryl methyl sites for hydroxylation is 1. The van der Waals surface area contributed by atoms with Crippen LogP contribution >= 0.6 is 11.3 Å². The predicted octanol–water partition coefficient (Wildman–Crippen LogP) is 3.14. The third kappa shape index (κ3) is 2.53. The van der Waals surface area contributed by atoms with Crippen LogP contribution in [0.1, 0.15) is 23.8 Å². The van der Waals surface area contributed by atoms with Gasteiger partial charge in [0.1, 0.15) is 0 Å². The molecule has 0 N–H and O–H groups in total. The van der Waals surface area contributed by atoms with Crippen LogP contribution in [0.2, 0.25) is 0 Å². The molecule has 0 aliphatic heterocycles. The van der Waals surface area contributed by atoms with Crippen molar-refractivity contribution >= 4 is 22.9 Å². The zero-order chi connectivity index (χ0) is 12.3. The first-order valence-electron chi connectivity index (χ1n) is 5.52. The second-order valence-electron chi connectivity index (χ2n) is 3.69. The Balaban J connectivity index is 2.54. The smallest absolute Gasteiger partial charge is 0.232 e. The van der Waals surface area contributed by atoms with E-state index >= 15 is 0 Å². The molecule has 0 unspecified atom stereocenters. The Kier molecular flexibility index (Phi) is 3.54. The van der Waals surface area contributed by atoms with Gasteiger partial charge in [0.05, 0.1) is 5.69 Å². The topological polar surface area (TPSA) is 34.4 Å². The van der Waals surface area contributed by atoms with E-state index in [0.29, 0.717) is 6.42 Å². The Hall–Kier alpha value is -1.68. The van der Waals surface area contributed by atoms with Crippen LogP contribution in [0.4, 0.5) is 5.69 Å². The fraction of sp³-hybridized carbons (Fsp3) is 0.231. The SMILES string of the molecule is CCC(=O)n1c(C)csc1=Nc1ccccc1. The van der Waals surface area contributed by atoms with Gasteiger partial charge in [-0.2, -0.15) is 0 Å². The lowest BCUT2D eigenvalue weighted by atomic mass is 10.3. The number of rotatable bonds is 2. The van der Waals surface area contributed by atoms with Crippen LogP contribution in [0.3, 0.4) is 0 Å². The van der Waals surface area contributed by atoms with Crippen molar-refractivity contribution in [2.45, 2.75) is 20.3 Å². The van der Waals surface area contributed by atoms with E-state index in [1.807, 2.05) is 49.6 Å². The standard InChI is InChI=1S/C13H14N2OS/c1-3-12(16)15-10(2)9-17-13(15)14-11-7-5-4-6-8-11/h4-9H,3H2,1-2H3. The quantitative estimate of drug-likeness (QED) is 0.801. The van der Waals surface area contributed by atoms with E-state index in [-0.39, 0.29) is 5.91 Å². The Morgan fingerprint density at radius 3 is 2.71 bits per heavy atom. The lowest BCUT2D eigenvalue weighted by Gasteiger charge is -2.01. The van der Waals surface area contributed by atoms with Crippen molar-refractivity contribution in [1.29, 1.82) is 0 Å². The van der Waals surface area contributed by atoms with Crippen LogP contribution in [-0.2, 0) is 0 Å². The Morgan fingerprint density at radius 1 is 1.35 bits per heavy atom. The molecule has 0 amide bonds. The second-order valence-corrected chi connectivity index (χ2v) is 4.53. The van der Waals surface area contributed by atoms with E-state index in [4.69, 9.17) is 0 Å². The van der Waals surface area contributed by atoms with Crippen molar-refractivity contribution in [2.75, 3.05) is 0 Å². The van der Waals surface area contributed by atoms with Crippen LogP contribution in [0.5, 0.6) is 0 Å². The molecule has 1 aromatic carbocycles. The molecule has 0 aliphatic carbocycles. The maximum atomic E-state index is 11.8. The highest BCUT2D eigenvalue weighted by Gasteiger charge is 2.07. The van der Waals surface area contributed by atoms with Crippen molar-refractivity contribution in [2.24, 2.45) is 4.99 Å². The molecule has 0 spiro atoms. The minimum Gasteiger partial charge on any atom is -0.274 e. The molecule has 0 bridgehead atoms. The van der Waals surface area contributed by atoms with Crippen LogP contribution in [0, 0.1) is 6.92 Å². The third-order valence-corrected chi connectivity index (χ3v) is 3.36. The molecular formula is C13H14N2OS. The summed E-state index contributed by atoms with van der Waals surface area (Å²) in [6.07, 6.45) is 0.486. The maximum absolute atomic E-state index is 11.8. The second kappa shape index (κ2) is 5.10. The number of para-hydroxylation sites is 1. The average Bonchev–Trinajstić information content (AvgIpc) is 2.71. The van der Waals surface area contributed by atoms with Crippen molar-refractivity contribution in [3.63, 3.8) is 0 Å². The first-order chi connectivity index (χ1) is 8.22. The van der Waals surface area contributed by atoms with Crippen LogP contribution in [0.25, 0.3) is 0 Å². The number of carbonyl (C=O) groups excluding carboxylic acids is 1. The molecule has 0 saturated carbocycles. The van der Waals surface area contributed by atoms with Gasteiger partial charge < -0.3 is 0 Å². The minimum absolute atomic E-state index is 0.0819. The maximum Gasteiger partial charge on any atom is 0.232 e. The van der Waals surface area contributed by atoms with Gasteiger partial charge in [-0.15, -0.1) is 11.3 Å². The van der Waals surface area contributed by atoms with Crippen LogP contribution in [0.15, 0.2) is 40.7 Å². The normalized spacial score (nSPS) is 11.8. The number of thiazole rings is 1. The highest BCUT2D eigenvalue weighted by Crippen LogP contribution is 2.10. The van der Waals surface area contributed by atoms with Gasteiger partial charge in [0, 0.05) is 17.5 Å². The molecule has 1 heterocycles. The summed E-state index contributed by atoms with van der Waals surface area (Å²) in [6, 6.07) is 9.67. The molecule has 2 aromatic rings. The number of aromatic nitrogens is 1. The largest absolute Gasteiger partial charge is 0.274 e. The van der Waals surface area contributed by atoms with Gasteiger partial charge in [0.15, 0.2) is 4.80 Å². The summed E-state index contributed by atoms with van der Waals surface area (Å²) in [4.78, 5) is 17.0. The minimum atomic E-state index is 0.0819. The molecule has 0 atom stereocenters. The van der Waals surface area contributed by atoms with E-state index in [2.05, 4.69) is 4.99 Å². The summed E-state index contributed by atoms with van der Waals surface area (Å²) in [7, 11) is 0. The number of hydrogen-bond donors (Lipinski definition) is 0. The molecule has 0 aliphatic rings. The molecule has 88 valence electrons. The lowest BCUT2D eigenvalue weighted by Crippen LogP contribution is -2.23. The van der Waals surface area contributed by atoms with Crippen molar-refractivity contribution in [3.05, 3.63) is 46.2 Å². The molecule has 1 aromatic heterocycles. The monoisotopic (exact) mass is 246 g/mol. The van der Waals surface area contributed by atoms with Crippen molar-refractivity contribution in [3.8, 4) is 0 Å². The summed E-state index contributed by atoms with van der Waals surface area (Å²) in [6.45, 7) is 3.78. The van der Waals surface area contributed by atoms with Crippen molar-refractivity contribution < 1.29 is 4.79 Å². The Labute approximate surface area is 104 Å². The lowest BCUT2D eigenvalue weighted by molar-refractivity contribution is 0.0903. The fourth-order valence-electron chi connectivity index (χ4n) is 1.55. The summed E-state index contributed by atoms with van der Waals surface area (Å²) in [5, 5.41) is 1.95. The summed E-state index contributed by atoms with van der Waals surface area (Å²) < 4.78 is 1.68. The van der Waals surface area contributed by atoms with E-state index in [1.165, 1.54) is 11.3 Å². The van der Waals surface area contributed by atoms with Gasteiger partial charge in [0.25, 0.3) is 0 Å². The molecule has 4 heteroatoms. The average molecular weight is 246 g/mol. The van der Waals surface area contributed by atoms with E-state index in [0.717, 1.165) is 16.2 Å². The van der Waals surface area contributed by atoms with Gasteiger partial charge in [-0.3, -0.25) is 9.36 Å². The van der Waals surface area contributed by atoms with Crippen LogP contribution in [-0.4, -0.2) is 10.5 Å². The number of benzene rings is 1. The van der Waals surface area contributed by atoms with Crippen LogP contribution < -0.4 is 4.80 Å². The van der Waals surface area contributed by atoms with Crippen molar-refractivity contribution in [1.82, 2.24) is 4.57 Å². The first-order valence-corrected chi connectivity index (χ1v) is 6.40. The number of carbonyl (C=O) groups is 1. The molecule has 2 rings (SSSR count). The van der Waals surface area contributed by atoms with E-state index in [1.54, 1.807) is 4.57 Å². The highest BCUT2D eigenvalue weighted by molar-refractivity contribution is 7.07. The first kappa shape index (κ1) is 11.8. The van der Waals surface area contributed by atoms with Gasteiger partial charge >= 0.3 is 0 Å². The third-order valence-electron chi connectivity index (χ3n) is 2.41. The molecular weight excluding hydrogens is 232 g/mol. The van der Waals surface area contributed by atoms with E-state index in [9.17, 15) is 4.79 Å². The molecule has 0 saturated heterocycles. The van der Waals surface area contributed by atoms with Gasteiger partial charge in [0.2, 0.25) is 5.91 Å². The molecule has 17 heavy (non-hydrogen) atoms. The predicted molar refractivity (Wildman–Crippen MR) is 69.6 cm³/mol. The summed E-state index contributed by atoms with van der Waals surface area (Å²) in [5.41, 5.74) is 1.81. The number of hydrogen-bond acceptors (Lipinski definition) is 3. The summed E-state index contributed by atoms with van der Waals surface area (Å²) in [5.74, 6) is 0.0819. The van der Waals surface area contributed by atoms with Gasteiger partial charge in [-0.05, 0) is 19.1 Å². The number of nitrogens with zero attached hydrogens (tertiary/aromatic N) is 2. The summed E-state index contributed by atoms with van der Waals surface area (Å²) >= 11 is 1.49. The fourth-order valence-corrected chi connectivity index (χ4v) is 2.44. The van der Waals surface area contributed by atoms with Gasteiger partial charge in [-0.25, -0.2) is 4.99 Å². The molecule has 0 fully saturated rings.